The van der Waals surface area contributed by atoms with E-state index in [1.54, 1.807) is 17.0 Å². The van der Waals surface area contributed by atoms with E-state index in [1.165, 1.54) is 19.1 Å². The molecule has 1 aromatic carbocycles. The summed E-state index contributed by atoms with van der Waals surface area (Å²) < 4.78 is 5.48. The standard InChI is InChI=1S/C26H40N6O5/c1-19(33)31-18-24(16-25(31)26(34)28-22-6-4-21(27)5-7-22)30(11-10-29-12-14-37-15-13-29)17-20-2-8-23(9-3-20)32(35)36/h2-3,8-9,21-22,24-25H,4-7,10-18,27H2,1H3,(H,28,34). The molecule has 3 N–H and O–H groups in total. The molecule has 4 rings (SSSR count). The zero-order valence-electron chi connectivity index (χ0n) is 21.7. The zero-order chi connectivity index (χ0) is 26.4. The molecule has 2 saturated heterocycles. The molecule has 3 fully saturated rings. The number of benzene rings is 1. The number of nitrogens with one attached hydrogen (secondary N) is 1. The maximum Gasteiger partial charge on any atom is 0.269 e. The van der Waals surface area contributed by atoms with E-state index in [1.807, 2.05) is 0 Å². The minimum Gasteiger partial charge on any atom is -0.379 e. The van der Waals surface area contributed by atoms with Gasteiger partial charge in [0.2, 0.25) is 11.8 Å². The minimum atomic E-state index is -0.499. The number of nitrogens with two attached hydrogens (primary N) is 1. The summed E-state index contributed by atoms with van der Waals surface area (Å²) in [7, 11) is 0. The third kappa shape index (κ3) is 7.47. The van der Waals surface area contributed by atoms with E-state index in [0.29, 0.717) is 19.5 Å². The van der Waals surface area contributed by atoms with Crippen LogP contribution in [0, 0.1) is 10.1 Å². The van der Waals surface area contributed by atoms with Gasteiger partial charge >= 0.3 is 0 Å². The van der Waals surface area contributed by atoms with Gasteiger partial charge in [0.1, 0.15) is 6.04 Å². The fourth-order valence-corrected chi connectivity index (χ4v) is 5.68. The van der Waals surface area contributed by atoms with Crippen LogP contribution in [0.25, 0.3) is 0 Å². The van der Waals surface area contributed by atoms with Gasteiger partial charge in [-0.1, -0.05) is 12.1 Å². The van der Waals surface area contributed by atoms with Crippen molar-refractivity contribution in [2.24, 2.45) is 5.73 Å². The normalized spacial score (nSPS) is 26.8. The summed E-state index contributed by atoms with van der Waals surface area (Å²) in [5.74, 6) is -0.182. The fourth-order valence-electron chi connectivity index (χ4n) is 5.68. The predicted molar refractivity (Wildman–Crippen MR) is 139 cm³/mol. The van der Waals surface area contributed by atoms with E-state index in [0.717, 1.165) is 70.6 Å². The summed E-state index contributed by atoms with van der Waals surface area (Å²) in [5, 5.41) is 14.3. The lowest BCUT2D eigenvalue weighted by Crippen LogP contribution is -2.49. The topological polar surface area (TPSA) is 134 Å². The zero-order valence-corrected chi connectivity index (χ0v) is 21.7. The number of hydrogen-bond donors (Lipinski definition) is 2. The molecule has 2 atom stereocenters. The number of rotatable bonds is 9. The number of amides is 2. The Hall–Kier alpha value is -2.60. The van der Waals surface area contributed by atoms with Crippen molar-refractivity contribution in [2.75, 3.05) is 45.9 Å². The maximum absolute atomic E-state index is 13.3. The van der Waals surface area contributed by atoms with Crippen LogP contribution in [-0.2, 0) is 20.9 Å². The Morgan fingerprint density at radius 3 is 2.46 bits per heavy atom. The van der Waals surface area contributed by atoms with Crippen molar-refractivity contribution >= 4 is 17.5 Å². The van der Waals surface area contributed by atoms with Crippen molar-refractivity contribution in [1.29, 1.82) is 0 Å². The molecule has 0 spiro atoms. The van der Waals surface area contributed by atoms with E-state index in [9.17, 15) is 19.7 Å². The second-order valence-electron chi connectivity index (χ2n) is 10.5. The highest BCUT2D eigenvalue weighted by molar-refractivity contribution is 5.87. The van der Waals surface area contributed by atoms with Gasteiger partial charge in [-0.2, -0.15) is 0 Å². The first-order valence-electron chi connectivity index (χ1n) is 13.4. The predicted octanol–water partition coefficient (Wildman–Crippen LogP) is 1.10. The van der Waals surface area contributed by atoms with Crippen LogP contribution < -0.4 is 11.1 Å². The minimum absolute atomic E-state index is 0.00987. The summed E-state index contributed by atoms with van der Waals surface area (Å²) in [6.45, 7) is 7.42. The first kappa shape index (κ1) is 27.4. The Morgan fingerprint density at radius 2 is 1.84 bits per heavy atom. The number of non-ortho nitro benzene ring substituents is 1. The highest BCUT2D eigenvalue weighted by atomic mass is 16.6. The highest BCUT2D eigenvalue weighted by Crippen LogP contribution is 2.26. The lowest BCUT2D eigenvalue weighted by molar-refractivity contribution is -0.384. The molecule has 11 heteroatoms. The molecule has 2 heterocycles. The molecule has 1 aromatic rings. The smallest absolute Gasteiger partial charge is 0.269 e. The van der Waals surface area contributed by atoms with E-state index in [2.05, 4.69) is 15.1 Å². The van der Waals surface area contributed by atoms with Gasteiger partial charge in [0.25, 0.3) is 5.69 Å². The Balaban J connectivity index is 1.45. The van der Waals surface area contributed by atoms with E-state index in [4.69, 9.17) is 10.5 Å². The number of morpholine rings is 1. The van der Waals surface area contributed by atoms with Crippen molar-refractivity contribution in [3.63, 3.8) is 0 Å². The van der Waals surface area contributed by atoms with Crippen molar-refractivity contribution < 1.29 is 19.2 Å². The Labute approximate surface area is 218 Å². The van der Waals surface area contributed by atoms with Gasteiger partial charge in [0, 0.05) is 76.5 Å². The lowest BCUT2D eigenvalue weighted by Gasteiger charge is -2.33. The second kappa shape index (κ2) is 12.8. The lowest BCUT2D eigenvalue weighted by atomic mass is 9.91. The summed E-state index contributed by atoms with van der Waals surface area (Å²) in [6.07, 6.45) is 4.11. The molecule has 3 aliphatic rings. The monoisotopic (exact) mass is 516 g/mol. The number of carbonyl (C=O) groups excluding carboxylic acids is 2. The molecule has 0 aromatic heterocycles. The average molecular weight is 517 g/mol. The number of ether oxygens (including phenoxy) is 1. The third-order valence-corrected chi connectivity index (χ3v) is 7.96. The van der Waals surface area contributed by atoms with Crippen LogP contribution in [0.3, 0.4) is 0 Å². The van der Waals surface area contributed by atoms with Gasteiger partial charge in [0.05, 0.1) is 18.1 Å². The van der Waals surface area contributed by atoms with E-state index < -0.39 is 11.0 Å². The van der Waals surface area contributed by atoms with Gasteiger partial charge in [0.15, 0.2) is 0 Å². The maximum atomic E-state index is 13.3. The number of hydrogen-bond acceptors (Lipinski definition) is 8. The van der Waals surface area contributed by atoms with Gasteiger partial charge in [-0.25, -0.2) is 0 Å². The molecule has 0 radical (unpaired) electrons. The number of nitro groups is 1. The van der Waals surface area contributed by atoms with Crippen molar-refractivity contribution in [2.45, 2.75) is 69.7 Å². The van der Waals surface area contributed by atoms with Crippen LogP contribution in [0.5, 0.6) is 0 Å². The molecule has 204 valence electrons. The van der Waals surface area contributed by atoms with Gasteiger partial charge in [-0.05, 0) is 37.7 Å². The molecule has 1 saturated carbocycles. The van der Waals surface area contributed by atoms with E-state index >= 15 is 0 Å². The number of nitro benzene ring substituents is 1. The number of nitrogens with zero attached hydrogens (tertiary/aromatic N) is 4. The first-order chi connectivity index (χ1) is 17.8. The second-order valence-corrected chi connectivity index (χ2v) is 10.5. The SMILES string of the molecule is CC(=O)N1CC(N(CCN2CCOCC2)Cc2ccc([N+](=O)[O-])cc2)CC1C(=O)NC1CCC(N)CC1. The van der Waals surface area contributed by atoms with Gasteiger partial charge in [-0.15, -0.1) is 0 Å². The molecule has 2 aliphatic heterocycles. The van der Waals surface area contributed by atoms with E-state index in [-0.39, 0.29) is 35.6 Å². The quantitative estimate of drug-likeness (QED) is 0.368. The number of carbonyl (C=O) groups is 2. The van der Waals surface area contributed by atoms with Crippen molar-refractivity contribution in [3.05, 3.63) is 39.9 Å². The Bertz CT molecular complexity index is 930. The molecular formula is C26H40N6O5. The van der Waals surface area contributed by atoms with Gasteiger partial charge in [-0.3, -0.25) is 29.5 Å². The molecule has 37 heavy (non-hydrogen) atoms. The molecular weight excluding hydrogens is 476 g/mol. The largest absolute Gasteiger partial charge is 0.379 e. The summed E-state index contributed by atoms with van der Waals surface area (Å²) >= 11 is 0. The van der Waals surface area contributed by atoms with Crippen LogP contribution in [0.2, 0.25) is 0 Å². The van der Waals surface area contributed by atoms with Crippen LogP contribution >= 0.6 is 0 Å². The highest BCUT2D eigenvalue weighted by Gasteiger charge is 2.41. The van der Waals surface area contributed by atoms with Crippen LogP contribution in [0.4, 0.5) is 5.69 Å². The first-order valence-corrected chi connectivity index (χ1v) is 13.4. The molecule has 0 bridgehead atoms. The van der Waals surface area contributed by atoms with Crippen LogP contribution in [0.15, 0.2) is 24.3 Å². The summed E-state index contributed by atoms with van der Waals surface area (Å²) in [5.41, 5.74) is 7.05. The molecule has 2 unspecified atom stereocenters. The summed E-state index contributed by atoms with van der Waals surface area (Å²) in [4.78, 5) is 42.9. The van der Waals surface area contributed by atoms with Crippen molar-refractivity contribution in [3.8, 4) is 0 Å². The Kier molecular flexibility index (Phi) is 9.47. The number of likely N-dealkylation sites (tertiary alicyclic amines) is 1. The Morgan fingerprint density at radius 1 is 1.16 bits per heavy atom. The van der Waals surface area contributed by atoms with Crippen LogP contribution in [-0.4, -0.2) is 102 Å². The third-order valence-electron chi connectivity index (χ3n) is 7.96. The summed E-state index contributed by atoms with van der Waals surface area (Å²) in [6, 6.07) is 6.45. The molecule has 11 nitrogen and oxygen atoms in total. The average Bonchev–Trinajstić information content (AvgIpc) is 3.35. The fraction of sp³-hybridized carbons (Fsp3) is 0.692. The van der Waals surface area contributed by atoms with Gasteiger partial charge < -0.3 is 20.7 Å². The molecule has 1 aliphatic carbocycles. The van der Waals surface area contributed by atoms with Crippen molar-refractivity contribution in [1.82, 2.24) is 20.0 Å². The molecule has 2 amide bonds. The van der Waals surface area contributed by atoms with Crippen LogP contribution in [0.1, 0.15) is 44.6 Å².